The number of nitrogens with two attached hydrogens (primary N) is 1. The Labute approximate surface area is 98.0 Å². The van der Waals surface area contributed by atoms with Crippen LogP contribution in [0.4, 0.5) is 0 Å². The van der Waals surface area contributed by atoms with Gasteiger partial charge in [0.1, 0.15) is 0 Å². The van der Waals surface area contributed by atoms with Crippen molar-refractivity contribution in [3.63, 3.8) is 0 Å². The summed E-state index contributed by atoms with van der Waals surface area (Å²) in [5.74, 6) is 3.56. The average molecular weight is 228 g/mol. The van der Waals surface area contributed by atoms with Crippen molar-refractivity contribution in [2.45, 2.75) is 44.7 Å². The highest BCUT2D eigenvalue weighted by Crippen LogP contribution is 2.34. The summed E-state index contributed by atoms with van der Waals surface area (Å²) in [4.78, 5) is 2.72. The van der Waals surface area contributed by atoms with E-state index in [9.17, 15) is 0 Å². The van der Waals surface area contributed by atoms with Crippen LogP contribution in [0, 0.1) is 5.92 Å². The van der Waals surface area contributed by atoms with E-state index in [1.807, 2.05) is 0 Å². The Hall–Kier alpha value is 0.270. The second-order valence-corrected chi connectivity index (χ2v) is 6.05. The Bertz CT molecular complexity index is 188. The van der Waals surface area contributed by atoms with Gasteiger partial charge in [0.05, 0.1) is 0 Å². The van der Waals surface area contributed by atoms with Crippen molar-refractivity contribution in [2.24, 2.45) is 11.7 Å². The molecule has 2 unspecified atom stereocenters. The second kappa shape index (κ2) is 5.55. The van der Waals surface area contributed by atoms with E-state index in [1.54, 1.807) is 0 Å². The van der Waals surface area contributed by atoms with Gasteiger partial charge in [-0.25, -0.2) is 0 Å². The molecule has 15 heavy (non-hydrogen) atoms. The molecule has 0 aromatic rings. The summed E-state index contributed by atoms with van der Waals surface area (Å²) in [7, 11) is 0. The summed E-state index contributed by atoms with van der Waals surface area (Å²) < 4.78 is 0. The fraction of sp³-hybridized carbons (Fsp3) is 1.00. The molecule has 0 spiro atoms. The fourth-order valence-corrected chi connectivity index (χ4v) is 4.07. The van der Waals surface area contributed by atoms with Crippen molar-refractivity contribution < 1.29 is 0 Å². The van der Waals surface area contributed by atoms with E-state index >= 15 is 0 Å². The summed E-state index contributed by atoms with van der Waals surface area (Å²) in [5.41, 5.74) is 6.00. The first-order chi connectivity index (χ1) is 7.36. The zero-order chi connectivity index (χ0) is 10.7. The molecule has 2 aliphatic rings. The van der Waals surface area contributed by atoms with E-state index in [0.29, 0.717) is 6.04 Å². The number of nitrogens with zero attached hydrogens (tertiary/aromatic N) is 1. The van der Waals surface area contributed by atoms with Crippen LogP contribution < -0.4 is 5.73 Å². The smallest absolute Gasteiger partial charge is 0.0257 e. The summed E-state index contributed by atoms with van der Waals surface area (Å²) in [6, 6.07) is 1.55. The Kier molecular flexibility index (Phi) is 4.35. The lowest BCUT2D eigenvalue weighted by Crippen LogP contribution is -2.47. The van der Waals surface area contributed by atoms with Gasteiger partial charge in [-0.05, 0) is 49.7 Å². The third-order valence-electron chi connectivity index (χ3n) is 3.67. The number of hydrogen-bond acceptors (Lipinski definition) is 3. The largest absolute Gasteiger partial charge is 0.329 e. The Morgan fingerprint density at radius 2 is 2.20 bits per heavy atom. The monoisotopic (exact) mass is 228 g/mol. The van der Waals surface area contributed by atoms with Crippen LogP contribution in [0.2, 0.25) is 0 Å². The van der Waals surface area contributed by atoms with Gasteiger partial charge in [0.2, 0.25) is 0 Å². The summed E-state index contributed by atoms with van der Waals surface area (Å²) in [6.45, 7) is 4.40. The molecule has 1 heterocycles. The molecular weight excluding hydrogens is 204 g/mol. The lowest BCUT2D eigenvalue weighted by molar-refractivity contribution is 0.146. The van der Waals surface area contributed by atoms with Gasteiger partial charge < -0.3 is 5.73 Å². The topological polar surface area (TPSA) is 29.3 Å². The predicted molar refractivity (Wildman–Crippen MR) is 68.3 cm³/mol. The highest BCUT2D eigenvalue weighted by molar-refractivity contribution is 7.99. The van der Waals surface area contributed by atoms with Crippen molar-refractivity contribution in [1.82, 2.24) is 4.90 Å². The molecule has 0 amide bonds. The predicted octanol–water partition coefficient (Wildman–Crippen LogP) is 1.94. The summed E-state index contributed by atoms with van der Waals surface area (Å²) in [5, 5.41) is 0. The molecule has 2 N–H and O–H groups in total. The van der Waals surface area contributed by atoms with Crippen LogP contribution in [0.1, 0.15) is 32.6 Å². The van der Waals surface area contributed by atoms with Gasteiger partial charge in [-0.2, -0.15) is 11.8 Å². The molecule has 1 saturated carbocycles. The summed E-state index contributed by atoms with van der Waals surface area (Å²) >= 11 is 2.11. The number of hydrogen-bond donors (Lipinski definition) is 1. The van der Waals surface area contributed by atoms with Crippen molar-refractivity contribution in [3.05, 3.63) is 0 Å². The lowest BCUT2D eigenvalue weighted by Gasteiger charge is -2.34. The quantitative estimate of drug-likeness (QED) is 0.753. The Balaban J connectivity index is 1.94. The molecule has 0 aromatic carbocycles. The van der Waals surface area contributed by atoms with Gasteiger partial charge >= 0.3 is 0 Å². The van der Waals surface area contributed by atoms with Gasteiger partial charge in [0.15, 0.2) is 0 Å². The highest BCUT2D eigenvalue weighted by Gasteiger charge is 2.37. The van der Waals surface area contributed by atoms with Crippen LogP contribution in [0.5, 0.6) is 0 Å². The van der Waals surface area contributed by atoms with Crippen molar-refractivity contribution in [1.29, 1.82) is 0 Å². The zero-order valence-electron chi connectivity index (χ0n) is 9.82. The van der Waals surface area contributed by atoms with E-state index in [4.69, 9.17) is 5.73 Å². The maximum atomic E-state index is 6.00. The van der Waals surface area contributed by atoms with Crippen LogP contribution in [0.3, 0.4) is 0 Å². The van der Waals surface area contributed by atoms with E-state index in [-0.39, 0.29) is 0 Å². The maximum Gasteiger partial charge on any atom is 0.0257 e. The van der Waals surface area contributed by atoms with Crippen LogP contribution in [-0.2, 0) is 0 Å². The third-order valence-corrected chi connectivity index (χ3v) is 4.86. The first-order valence-electron chi connectivity index (χ1n) is 6.40. The molecule has 2 fully saturated rings. The third kappa shape index (κ3) is 2.89. The van der Waals surface area contributed by atoms with Gasteiger partial charge in [0.25, 0.3) is 0 Å². The Morgan fingerprint density at radius 1 is 1.40 bits per heavy atom. The van der Waals surface area contributed by atoms with Crippen LogP contribution >= 0.6 is 11.8 Å². The van der Waals surface area contributed by atoms with E-state index < -0.39 is 0 Å². The molecule has 2 atom stereocenters. The van der Waals surface area contributed by atoms with Crippen molar-refractivity contribution in [2.75, 3.05) is 24.6 Å². The molecule has 0 bridgehead atoms. The average Bonchev–Trinajstić information content (AvgIpc) is 2.96. The van der Waals surface area contributed by atoms with E-state index in [1.165, 1.54) is 43.7 Å². The van der Waals surface area contributed by atoms with Crippen LogP contribution in [-0.4, -0.2) is 41.6 Å². The lowest BCUT2D eigenvalue weighted by atomic mass is 9.97. The minimum absolute atomic E-state index is 0.674. The number of rotatable bonds is 6. The number of thioether (sulfide) groups is 1. The molecule has 3 heteroatoms. The maximum absolute atomic E-state index is 6.00. The van der Waals surface area contributed by atoms with Crippen LogP contribution in [0.15, 0.2) is 0 Å². The molecule has 1 aliphatic heterocycles. The first-order valence-corrected chi connectivity index (χ1v) is 7.55. The molecule has 0 aromatic heterocycles. The standard InChI is InChI=1S/C12H24N2S/c1-2-6-14(11-3-4-11)12(8-13)10-5-7-15-9-10/h10-12H,2-9,13H2,1H3. The molecule has 2 rings (SSSR count). The minimum atomic E-state index is 0.674. The Morgan fingerprint density at radius 3 is 2.67 bits per heavy atom. The molecular formula is C12H24N2S. The normalized spacial score (nSPS) is 28.6. The summed E-state index contributed by atoms with van der Waals surface area (Å²) in [6.07, 6.45) is 5.49. The van der Waals surface area contributed by atoms with Gasteiger partial charge in [0, 0.05) is 18.6 Å². The zero-order valence-corrected chi connectivity index (χ0v) is 10.6. The van der Waals surface area contributed by atoms with Gasteiger partial charge in [-0.1, -0.05) is 6.92 Å². The van der Waals surface area contributed by atoms with Crippen molar-refractivity contribution in [3.8, 4) is 0 Å². The molecule has 1 saturated heterocycles. The first kappa shape index (κ1) is 11.7. The molecule has 1 aliphatic carbocycles. The van der Waals surface area contributed by atoms with Crippen molar-refractivity contribution >= 4 is 11.8 Å². The second-order valence-electron chi connectivity index (χ2n) is 4.90. The molecule has 2 nitrogen and oxygen atoms in total. The van der Waals surface area contributed by atoms with Gasteiger partial charge in [-0.15, -0.1) is 0 Å². The van der Waals surface area contributed by atoms with E-state index in [2.05, 4.69) is 23.6 Å². The fourth-order valence-electron chi connectivity index (χ4n) is 2.74. The molecule has 0 radical (unpaired) electrons. The van der Waals surface area contributed by atoms with Crippen LogP contribution in [0.25, 0.3) is 0 Å². The molecule has 88 valence electrons. The minimum Gasteiger partial charge on any atom is -0.329 e. The highest BCUT2D eigenvalue weighted by atomic mass is 32.2. The SMILES string of the molecule is CCCN(C1CC1)C(CN)C1CCSC1. The van der Waals surface area contributed by atoms with E-state index in [0.717, 1.165) is 18.5 Å². The van der Waals surface area contributed by atoms with Gasteiger partial charge in [-0.3, -0.25) is 4.90 Å².